The lowest BCUT2D eigenvalue weighted by molar-refractivity contribution is -0.374. The summed E-state index contributed by atoms with van der Waals surface area (Å²) in [7, 11) is 4.28. The summed E-state index contributed by atoms with van der Waals surface area (Å²) in [5, 5.41) is 0. The maximum Gasteiger partial charge on any atom is 0.324 e. The Morgan fingerprint density at radius 2 is 1.86 bits per heavy atom. The Balaban J connectivity index is 2.12. The Hall–Kier alpha value is -1.19. The Morgan fingerprint density at radius 3 is 2.45 bits per heavy atom. The van der Waals surface area contributed by atoms with Gasteiger partial charge < -0.3 is 18.9 Å². The number of hydrogen-bond acceptors (Lipinski definition) is 5. The highest BCUT2D eigenvalue weighted by Gasteiger charge is 2.86. The molecule has 1 aliphatic carbocycles. The van der Waals surface area contributed by atoms with Crippen LogP contribution in [0.25, 0.3) is 0 Å². The van der Waals surface area contributed by atoms with Crippen molar-refractivity contribution < 1.29 is 23.7 Å². The minimum absolute atomic E-state index is 0.217. The molecule has 122 valence electrons. The minimum atomic E-state index is -1.56. The van der Waals surface area contributed by atoms with E-state index in [2.05, 4.69) is 18.8 Å². The molecule has 0 aromatic rings. The molecule has 0 saturated carbocycles. The average molecular weight is 308 g/mol. The van der Waals surface area contributed by atoms with Gasteiger partial charge in [0.2, 0.25) is 5.60 Å². The summed E-state index contributed by atoms with van der Waals surface area (Å²) in [4.78, 5) is 12.3. The van der Waals surface area contributed by atoms with E-state index in [4.69, 9.17) is 18.9 Å². The van der Waals surface area contributed by atoms with Gasteiger partial charge in [-0.25, -0.2) is 0 Å². The van der Waals surface area contributed by atoms with Crippen molar-refractivity contribution in [1.29, 1.82) is 0 Å². The van der Waals surface area contributed by atoms with Crippen molar-refractivity contribution >= 4 is 5.78 Å². The van der Waals surface area contributed by atoms with Crippen LogP contribution in [-0.4, -0.2) is 44.3 Å². The summed E-state index contributed by atoms with van der Waals surface area (Å²) in [6.07, 6.45) is 7.95. The predicted molar refractivity (Wildman–Crippen MR) is 81.0 cm³/mol. The van der Waals surface area contributed by atoms with Gasteiger partial charge in [-0.15, -0.1) is 5.92 Å². The zero-order valence-electron chi connectivity index (χ0n) is 13.7. The fourth-order valence-electron chi connectivity index (χ4n) is 3.10. The summed E-state index contributed by atoms with van der Waals surface area (Å²) in [5.74, 6) is 4.48. The standard InChI is InChI=1S/C17H24O5/c1-5-6-7-8-9-10-12-15-13-11-14(18)16(15,22-15)17(19-2,20-3)21-4/h11,13H,5-8,12H2,1-4H3/t15-,16+/m1/s1. The molecule has 0 bridgehead atoms. The number of ketones is 1. The third-order valence-electron chi connectivity index (χ3n) is 4.36. The maximum absolute atomic E-state index is 12.3. The summed E-state index contributed by atoms with van der Waals surface area (Å²) >= 11 is 0. The molecule has 2 rings (SSSR count). The highest BCUT2D eigenvalue weighted by Crippen LogP contribution is 2.62. The van der Waals surface area contributed by atoms with E-state index in [1.807, 2.05) is 0 Å². The van der Waals surface area contributed by atoms with Crippen molar-refractivity contribution in [3.8, 4) is 11.8 Å². The average Bonchev–Trinajstić information content (AvgIpc) is 3.14. The van der Waals surface area contributed by atoms with Crippen LogP contribution in [-0.2, 0) is 23.7 Å². The smallest absolute Gasteiger partial charge is 0.324 e. The number of carbonyl (C=O) groups excluding carboxylic acids is 1. The quantitative estimate of drug-likeness (QED) is 0.298. The van der Waals surface area contributed by atoms with E-state index in [9.17, 15) is 4.79 Å². The molecule has 1 fully saturated rings. The third-order valence-corrected chi connectivity index (χ3v) is 4.36. The van der Waals surface area contributed by atoms with Crippen LogP contribution < -0.4 is 0 Å². The lowest BCUT2D eigenvalue weighted by Gasteiger charge is -2.33. The maximum atomic E-state index is 12.3. The molecule has 1 aliphatic heterocycles. The molecular weight excluding hydrogens is 284 g/mol. The number of ether oxygens (including phenoxy) is 4. The molecule has 0 unspecified atom stereocenters. The molecule has 0 amide bonds. The molecule has 1 saturated heterocycles. The fourth-order valence-corrected chi connectivity index (χ4v) is 3.10. The molecule has 5 heteroatoms. The minimum Gasteiger partial charge on any atom is -0.341 e. The molecular formula is C17H24O5. The summed E-state index contributed by atoms with van der Waals surface area (Å²) in [6.45, 7) is 2.16. The topological polar surface area (TPSA) is 57.3 Å². The molecule has 5 nitrogen and oxygen atoms in total. The first-order valence-electron chi connectivity index (χ1n) is 7.63. The third kappa shape index (κ3) is 2.31. The zero-order valence-corrected chi connectivity index (χ0v) is 13.7. The Labute approximate surface area is 131 Å². The molecule has 1 heterocycles. The number of carbonyl (C=O) groups is 1. The number of epoxide rings is 1. The lowest BCUT2D eigenvalue weighted by atomic mass is 9.89. The molecule has 2 aliphatic rings. The van der Waals surface area contributed by atoms with E-state index < -0.39 is 17.2 Å². The van der Waals surface area contributed by atoms with Crippen molar-refractivity contribution in [2.45, 2.75) is 56.2 Å². The normalized spacial score (nSPS) is 29.2. The van der Waals surface area contributed by atoms with Crippen LogP contribution >= 0.6 is 0 Å². The van der Waals surface area contributed by atoms with Crippen molar-refractivity contribution in [3.63, 3.8) is 0 Å². The van der Waals surface area contributed by atoms with Crippen LogP contribution in [0.3, 0.4) is 0 Å². The second-order valence-electron chi connectivity index (χ2n) is 5.53. The molecule has 0 spiro atoms. The van der Waals surface area contributed by atoms with Crippen LogP contribution in [0.5, 0.6) is 0 Å². The summed E-state index contributed by atoms with van der Waals surface area (Å²) < 4.78 is 21.8. The van der Waals surface area contributed by atoms with E-state index in [0.29, 0.717) is 6.42 Å². The molecule has 0 radical (unpaired) electrons. The highest BCUT2D eigenvalue weighted by atomic mass is 16.9. The molecule has 22 heavy (non-hydrogen) atoms. The van der Waals surface area contributed by atoms with Gasteiger partial charge >= 0.3 is 5.97 Å². The number of hydrogen-bond donors (Lipinski definition) is 0. The number of unbranched alkanes of at least 4 members (excludes halogenated alkanes) is 3. The first kappa shape index (κ1) is 17.2. The predicted octanol–water partition coefficient (Wildman–Crippen LogP) is 2.20. The SMILES string of the molecule is CCCCCC#CC[C@@]12C=CC(=O)[C@]1(C(OC)(OC)OC)O2. The van der Waals surface area contributed by atoms with E-state index in [0.717, 1.165) is 12.8 Å². The molecule has 0 N–H and O–H groups in total. The van der Waals surface area contributed by atoms with Gasteiger partial charge in [-0.1, -0.05) is 25.7 Å². The zero-order chi connectivity index (χ0) is 16.3. The van der Waals surface area contributed by atoms with Gasteiger partial charge in [0.25, 0.3) is 0 Å². The van der Waals surface area contributed by atoms with Crippen molar-refractivity contribution in [1.82, 2.24) is 0 Å². The van der Waals surface area contributed by atoms with Gasteiger partial charge in [-0.3, -0.25) is 4.79 Å². The first-order valence-corrected chi connectivity index (χ1v) is 7.63. The Morgan fingerprint density at radius 1 is 1.18 bits per heavy atom. The Kier molecular flexibility index (Phi) is 5.08. The molecule has 2 atom stereocenters. The number of methoxy groups -OCH3 is 3. The van der Waals surface area contributed by atoms with Gasteiger partial charge in [-0.05, 0) is 18.6 Å². The van der Waals surface area contributed by atoms with E-state index >= 15 is 0 Å². The van der Waals surface area contributed by atoms with E-state index in [1.54, 1.807) is 6.08 Å². The van der Waals surface area contributed by atoms with Gasteiger partial charge in [0.15, 0.2) is 5.78 Å². The van der Waals surface area contributed by atoms with Crippen molar-refractivity contribution in [3.05, 3.63) is 12.2 Å². The molecule has 0 aromatic carbocycles. The van der Waals surface area contributed by atoms with Crippen LogP contribution in [0, 0.1) is 11.8 Å². The van der Waals surface area contributed by atoms with Crippen LogP contribution in [0.15, 0.2) is 12.2 Å². The second kappa shape index (κ2) is 6.51. The second-order valence-corrected chi connectivity index (χ2v) is 5.53. The largest absolute Gasteiger partial charge is 0.341 e. The number of fused-ring (bicyclic) bond motifs is 1. The monoisotopic (exact) mass is 308 g/mol. The van der Waals surface area contributed by atoms with E-state index in [-0.39, 0.29) is 5.78 Å². The van der Waals surface area contributed by atoms with Crippen LogP contribution in [0.1, 0.15) is 39.0 Å². The first-order chi connectivity index (χ1) is 10.6. The lowest BCUT2D eigenvalue weighted by Crippen LogP contribution is -2.56. The number of rotatable bonds is 8. The van der Waals surface area contributed by atoms with Crippen LogP contribution in [0.2, 0.25) is 0 Å². The van der Waals surface area contributed by atoms with Gasteiger partial charge in [-0.2, -0.15) is 0 Å². The van der Waals surface area contributed by atoms with Crippen molar-refractivity contribution in [2.24, 2.45) is 0 Å². The highest BCUT2D eigenvalue weighted by molar-refractivity contribution is 6.05. The van der Waals surface area contributed by atoms with Gasteiger partial charge in [0, 0.05) is 34.2 Å². The fraction of sp³-hybridized carbons (Fsp3) is 0.706. The molecule has 0 aromatic heterocycles. The van der Waals surface area contributed by atoms with Crippen LogP contribution in [0.4, 0.5) is 0 Å². The van der Waals surface area contributed by atoms with Gasteiger partial charge in [0.1, 0.15) is 5.60 Å². The Bertz CT molecular complexity index is 503. The van der Waals surface area contributed by atoms with Crippen molar-refractivity contribution in [2.75, 3.05) is 21.3 Å². The summed E-state index contributed by atoms with van der Waals surface area (Å²) in [6, 6.07) is 0. The summed E-state index contributed by atoms with van der Waals surface area (Å²) in [5.41, 5.74) is -2.11. The van der Waals surface area contributed by atoms with Gasteiger partial charge in [0.05, 0.1) is 0 Å². The van der Waals surface area contributed by atoms with E-state index in [1.165, 1.54) is 40.2 Å².